The Bertz CT molecular complexity index is 562. The number of rotatable bonds is 6. The molecular weight excluding hydrogens is 359 g/mol. The normalized spacial score (nSPS) is 29.5. The number of aliphatic hydroxyl groups excluding tert-OH is 3. The number of nitrogens with zero attached hydrogens (tertiary/aromatic N) is 1. The van der Waals surface area contributed by atoms with Gasteiger partial charge in [-0.15, -0.1) is 0 Å². The van der Waals surface area contributed by atoms with Gasteiger partial charge < -0.3 is 0 Å². The fraction of sp³-hybridized carbons (Fsp3) is 0.615. The summed E-state index contributed by atoms with van der Waals surface area (Å²) in [5, 5.41) is 30.0. The van der Waals surface area contributed by atoms with E-state index >= 15 is 0 Å². The molecule has 2 rings (SSSR count). The summed E-state index contributed by atoms with van der Waals surface area (Å²) in [4.78, 5) is 28.3. The van der Waals surface area contributed by atoms with Gasteiger partial charge in [-0.1, -0.05) is 0 Å². The molecule has 1 aromatic heterocycles. The monoisotopic (exact) mass is 378 g/mol. The van der Waals surface area contributed by atoms with E-state index in [0.717, 1.165) is 0 Å². The molecule has 8 nitrogen and oxygen atoms in total. The maximum atomic E-state index is 11.7. The molecular formula is C13H18N2O6Se. The van der Waals surface area contributed by atoms with Crippen molar-refractivity contribution in [2.24, 2.45) is 5.73 Å². The van der Waals surface area contributed by atoms with E-state index in [-0.39, 0.29) is 26.6 Å². The van der Waals surface area contributed by atoms with Gasteiger partial charge >= 0.3 is 132 Å². The minimum absolute atomic E-state index is 0.0892. The van der Waals surface area contributed by atoms with Crippen LogP contribution >= 0.6 is 0 Å². The van der Waals surface area contributed by atoms with Crippen LogP contribution in [-0.4, -0.2) is 70.9 Å². The summed E-state index contributed by atoms with van der Waals surface area (Å²) in [5.74, 6) is -1.13. The summed E-state index contributed by atoms with van der Waals surface area (Å²) >= 11 is -0.344. The van der Waals surface area contributed by atoms with Crippen molar-refractivity contribution < 1.29 is 29.6 Å². The van der Waals surface area contributed by atoms with E-state index in [2.05, 4.69) is 4.98 Å². The first-order valence-electron chi connectivity index (χ1n) is 6.84. The SMILES string of the molecule is CCCC(=O)C(O)[C@H]1O[C@@H](c2nc(C(N)=O)c[se]2)[C@H](O)[C@@H]1O. The van der Waals surface area contributed by atoms with Gasteiger partial charge in [0.2, 0.25) is 0 Å². The van der Waals surface area contributed by atoms with Gasteiger partial charge in [0.05, 0.1) is 0 Å². The Kier molecular flexibility index (Phi) is 5.49. The van der Waals surface area contributed by atoms with Crippen molar-refractivity contribution in [1.82, 2.24) is 4.98 Å². The number of ketones is 1. The number of hydrogen-bond acceptors (Lipinski definition) is 7. The number of ether oxygens (including phenoxy) is 1. The third-order valence-electron chi connectivity index (χ3n) is 3.46. The molecule has 0 aromatic carbocycles. The van der Waals surface area contributed by atoms with Crippen LogP contribution in [0.4, 0.5) is 0 Å². The molecule has 1 amide bonds. The van der Waals surface area contributed by atoms with E-state index in [1.165, 1.54) is 0 Å². The first kappa shape index (κ1) is 17.3. The molecule has 122 valence electrons. The average Bonchev–Trinajstić information content (AvgIpc) is 3.06. The van der Waals surface area contributed by atoms with Gasteiger partial charge in [-0.05, 0) is 0 Å². The Morgan fingerprint density at radius 1 is 1.45 bits per heavy atom. The number of aliphatic hydroxyl groups is 3. The molecule has 1 aliphatic heterocycles. The summed E-state index contributed by atoms with van der Waals surface area (Å²) in [5.41, 5.74) is 5.22. The van der Waals surface area contributed by atoms with Crippen molar-refractivity contribution in [1.29, 1.82) is 0 Å². The number of carbonyl (C=O) groups is 2. The molecule has 1 unspecified atom stereocenters. The molecule has 9 heteroatoms. The second kappa shape index (κ2) is 6.99. The van der Waals surface area contributed by atoms with Gasteiger partial charge in [-0.2, -0.15) is 0 Å². The zero-order valence-electron chi connectivity index (χ0n) is 11.9. The van der Waals surface area contributed by atoms with Crippen molar-refractivity contribution in [3.8, 4) is 0 Å². The van der Waals surface area contributed by atoms with Gasteiger partial charge in [0.15, 0.2) is 0 Å². The van der Waals surface area contributed by atoms with Crippen molar-refractivity contribution in [2.45, 2.75) is 50.3 Å². The number of Topliss-reactive ketones (excluding diaryl/α,β-unsaturated/α-hetero) is 1. The van der Waals surface area contributed by atoms with Crippen LogP contribution in [0.3, 0.4) is 0 Å². The molecule has 0 spiro atoms. The zero-order chi connectivity index (χ0) is 16.4. The molecule has 0 saturated carbocycles. The van der Waals surface area contributed by atoms with Crippen LogP contribution in [0.5, 0.6) is 0 Å². The summed E-state index contributed by atoms with van der Waals surface area (Å²) in [6.45, 7) is 1.79. The maximum absolute atomic E-state index is 11.7. The minimum atomic E-state index is -1.51. The Balaban J connectivity index is 2.15. The fourth-order valence-electron chi connectivity index (χ4n) is 2.28. The van der Waals surface area contributed by atoms with E-state index in [4.69, 9.17) is 10.5 Å². The van der Waals surface area contributed by atoms with Crippen LogP contribution in [0.2, 0.25) is 0 Å². The quantitative estimate of drug-likeness (QED) is 0.425. The first-order chi connectivity index (χ1) is 10.4. The van der Waals surface area contributed by atoms with E-state index in [9.17, 15) is 24.9 Å². The molecule has 1 aromatic rings. The van der Waals surface area contributed by atoms with E-state index < -0.39 is 42.2 Å². The summed E-state index contributed by atoms with van der Waals surface area (Å²) in [6.07, 6.45) is -5.69. The Labute approximate surface area is 132 Å². The Morgan fingerprint density at radius 3 is 2.68 bits per heavy atom. The van der Waals surface area contributed by atoms with Gasteiger partial charge in [-0.25, -0.2) is 0 Å². The zero-order valence-corrected chi connectivity index (χ0v) is 13.6. The standard InChI is InChI=1S/C13H18N2O6Se/c1-2-3-6(16)7(17)10-8(18)9(19)11(21-10)13-15-5(4-22-13)12(14)20/h4,7-11,17-19H,2-3H2,1H3,(H2,14,20)/t7?,8-,9+,10+,11+/m0/s1. The molecule has 0 bridgehead atoms. The van der Waals surface area contributed by atoms with Gasteiger partial charge in [0.1, 0.15) is 0 Å². The van der Waals surface area contributed by atoms with Gasteiger partial charge in [0, 0.05) is 0 Å². The molecule has 22 heavy (non-hydrogen) atoms. The van der Waals surface area contributed by atoms with Crippen molar-refractivity contribution in [3.63, 3.8) is 0 Å². The van der Waals surface area contributed by atoms with Crippen LogP contribution in [0.25, 0.3) is 0 Å². The van der Waals surface area contributed by atoms with Crippen LogP contribution in [0.15, 0.2) is 4.94 Å². The number of carbonyl (C=O) groups excluding carboxylic acids is 2. The van der Waals surface area contributed by atoms with Gasteiger partial charge in [-0.3, -0.25) is 0 Å². The number of aromatic nitrogens is 1. The third-order valence-corrected chi connectivity index (χ3v) is 5.36. The van der Waals surface area contributed by atoms with Crippen molar-refractivity contribution in [2.75, 3.05) is 0 Å². The van der Waals surface area contributed by atoms with Gasteiger partial charge in [0.25, 0.3) is 0 Å². The number of nitrogens with two attached hydrogens (primary N) is 1. The molecule has 2 heterocycles. The summed E-state index contributed by atoms with van der Waals surface area (Å²) in [6, 6.07) is 0. The predicted molar refractivity (Wildman–Crippen MR) is 75.2 cm³/mol. The molecule has 1 aliphatic rings. The van der Waals surface area contributed by atoms with Crippen molar-refractivity contribution in [3.05, 3.63) is 15.2 Å². The number of amides is 1. The summed E-state index contributed by atoms with van der Waals surface area (Å²) in [7, 11) is 0. The molecule has 0 aliphatic carbocycles. The Hall–Kier alpha value is -1.09. The number of primary amides is 1. The van der Waals surface area contributed by atoms with Crippen LogP contribution in [-0.2, 0) is 9.53 Å². The van der Waals surface area contributed by atoms with Crippen LogP contribution in [0.1, 0.15) is 40.9 Å². The molecule has 5 N–H and O–H groups in total. The van der Waals surface area contributed by atoms with Crippen LogP contribution in [0, 0.1) is 0 Å². The molecule has 1 fully saturated rings. The molecule has 0 radical (unpaired) electrons. The second-order valence-electron chi connectivity index (χ2n) is 5.10. The topological polar surface area (TPSA) is 143 Å². The average molecular weight is 377 g/mol. The predicted octanol–water partition coefficient (Wildman–Crippen LogP) is -1.87. The molecule has 5 atom stereocenters. The van der Waals surface area contributed by atoms with Crippen molar-refractivity contribution >= 4 is 26.2 Å². The third kappa shape index (κ3) is 3.29. The fourth-order valence-corrected chi connectivity index (χ4v) is 4.13. The van der Waals surface area contributed by atoms with Crippen LogP contribution < -0.4 is 5.73 Å². The van der Waals surface area contributed by atoms with E-state index in [1.54, 1.807) is 11.9 Å². The first-order valence-corrected chi connectivity index (χ1v) is 8.69. The number of hydrogen-bond donors (Lipinski definition) is 4. The molecule has 1 saturated heterocycles. The van der Waals surface area contributed by atoms with E-state index in [0.29, 0.717) is 11.0 Å². The summed E-state index contributed by atoms with van der Waals surface area (Å²) < 4.78 is 5.85. The second-order valence-corrected chi connectivity index (χ2v) is 6.97. The Morgan fingerprint density at radius 2 is 2.14 bits per heavy atom. The van der Waals surface area contributed by atoms with E-state index in [1.807, 2.05) is 0 Å².